The highest BCUT2D eigenvalue weighted by Gasteiger charge is 2.20. The Morgan fingerprint density at radius 3 is 2.52 bits per heavy atom. The standard InChI is InChI=1S/C19H13N3O4S/c23-16-15-8-11-27-17(15)22(19(25)26-14-6-9-20-10-7-14)18(24)21(16)12-13-4-2-1-3-5-13/h1-11H,12H2. The summed E-state index contributed by atoms with van der Waals surface area (Å²) in [6, 6.07) is 13.7. The van der Waals surface area contributed by atoms with Crippen molar-refractivity contribution in [2.75, 3.05) is 0 Å². The van der Waals surface area contributed by atoms with E-state index in [2.05, 4.69) is 4.98 Å². The maximum absolute atomic E-state index is 13.0. The lowest BCUT2D eigenvalue weighted by molar-refractivity contribution is 0.201. The molecule has 0 aliphatic carbocycles. The van der Waals surface area contributed by atoms with Gasteiger partial charge < -0.3 is 4.74 Å². The fourth-order valence-corrected chi connectivity index (χ4v) is 3.57. The van der Waals surface area contributed by atoms with Crippen molar-refractivity contribution in [3.63, 3.8) is 0 Å². The SMILES string of the molecule is O=C(Oc1ccncc1)n1c(=O)n(Cc2ccccc2)c(=O)c2ccsc21. The van der Waals surface area contributed by atoms with Gasteiger partial charge in [0, 0.05) is 12.4 Å². The molecule has 4 aromatic rings. The second kappa shape index (κ2) is 7.00. The van der Waals surface area contributed by atoms with Gasteiger partial charge in [-0.15, -0.1) is 11.3 Å². The Labute approximate surface area is 156 Å². The van der Waals surface area contributed by atoms with Gasteiger partial charge in [-0.2, -0.15) is 4.57 Å². The fourth-order valence-electron chi connectivity index (χ4n) is 2.70. The molecule has 4 rings (SSSR count). The lowest BCUT2D eigenvalue weighted by Gasteiger charge is -2.11. The number of aromatic nitrogens is 3. The average molecular weight is 379 g/mol. The molecule has 3 aromatic heterocycles. The number of carbonyl (C=O) groups excluding carboxylic acids is 1. The highest BCUT2D eigenvalue weighted by molar-refractivity contribution is 7.16. The summed E-state index contributed by atoms with van der Waals surface area (Å²) in [7, 11) is 0. The van der Waals surface area contributed by atoms with E-state index >= 15 is 0 Å². The van der Waals surface area contributed by atoms with Crippen molar-refractivity contribution in [3.8, 4) is 5.75 Å². The summed E-state index contributed by atoms with van der Waals surface area (Å²) < 4.78 is 7.21. The highest BCUT2D eigenvalue weighted by atomic mass is 32.1. The fraction of sp³-hybridized carbons (Fsp3) is 0.0526. The summed E-state index contributed by atoms with van der Waals surface area (Å²) in [5.74, 6) is 0.257. The molecule has 0 atom stereocenters. The van der Waals surface area contributed by atoms with Gasteiger partial charge in [0.05, 0.1) is 11.9 Å². The topological polar surface area (TPSA) is 83.2 Å². The lowest BCUT2D eigenvalue weighted by atomic mass is 10.2. The Kier molecular flexibility index (Phi) is 4.39. The van der Waals surface area contributed by atoms with Crippen molar-refractivity contribution in [2.24, 2.45) is 0 Å². The Hall–Kier alpha value is -3.52. The van der Waals surface area contributed by atoms with Crippen LogP contribution in [0.5, 0.6) is 5.75 Å². The predicted molar refractivity (Wildman–Crippen MR) is 102 cm³/mol. The third-order valence-electron chi connectivity index (χ3n) is 3.97. The second-order valence-electron chi connectivity index (χ2n) is 5.69. The predicted octanol–water partition coefficient (Wildman–Crippen LogP) is 2.72. The average Bonchev–Trinajstić information content (AvgIpc) is 3.16. The van der Waals surface area contributed by atoms with Crippen molar-refractivity contribution in [2.45, 2.75) is 6.54 Å². The van der Waals surface area contributed by atoms with Gasteiger partial charge in [-0.05, 0) is 29.1 Å². The number of nitrogens with zero attached hydrogens (tertiary/aromatic N) is 3. The van der Waals surface area contributed by atoms with Crippen molar-refractivity contribution < 1.29 is 9.53 Å². The number of benzene rings is 1. The number of pyridine rings is 1. The number of carbonyl (C=O) groups is 1. The minimum absolute atomic E-state index is 0.0623. The first kappa shape index (κ1) is 16.9. The van der Waals surface area contributed by atoms with Crippen LogP contribution in [-0.2, 0) is 6.54 Å². The molecule has 0 saturated carbocycles. The van der Waals surface area contributed by atoms with E-state index in [4.69, 9.17) is 4.74 Å². The molecule has 8 heteroatoms. The molecule has 27 heavy (non-hydrogen) atoms. The third kappa shape index (κ3) is 3.18. The van der Waals surface area contributed by atoms with Crippen molar-refractivity contribution in [1.29, 1.82) is 0 Å². The van der Waals surface area contributed by atoms with Crippen LogP contribution in [-0.4, -0.2) is 20.2 Å². The van der Waals surface area contributed by atoms with Crippen LogP contribution in [0.25, 0.3) is 10.2 Å². The largest absolute Gasteiger partial charge is 0.428 e. The van der Waals surface area contributed by atoms with Gasteiger partial charge in [-0.1, -0.05) is 30.3 Å². The van der Waals surface area contributed by atoms with Crippen LogP contribution in [0.1, 0.15) is 5.56 Å². The molecule has 0 bridgehead atoms. The number of hydrogen-bond acceptors (Lipinski definition) is 6. The number of hydrogen-bond donors (Lipinski definition) is 0. The van der Waals surface area contributed by atoms with E-state index in [1.165, 1.54) is 24.5 Å². The zero-order valence-corrected chi connectivity index (χ0v) is 14.8. The van der Waals surface area contributed by atoms with Gasteiger partial charge in [0.15, 0.2) is 0 Å². The summed E-state index contributed by atoms with van der Waals surface area (Å²) in [6.45, 7) is 0.0623. The molecular formula is C19H13N3O4S. The Morgan fingerprint density at radius 1 is 1.04 bits per heavy atom. The Morgan fingerprint density at radius 2 is 1.78 bits per heavy atom. The normalized spacial score (nSPS) is 10.8. The van der Waals surface area contributed by atoms with E-state index < -0.39 is 17.3 Å². The summed E-state index contributed by atoms with van der Waals surface area (Å²) in [6.07, 6.45) is 2.07. The molecule has 0 radical (unpaired) electrons. The first-order valence-electron chi connectivity index (χ1n) is 8.04. The van der Waals surface area contributed by atoms with E-state index in [-0.39, 0.29) is 17.1 Å². The van der Waals surface area contributed by atoms with E-state index in [0.717, 1.165) is 26.0 Å². The number of rotatable bonds is 3. The first-order valence-corrected chi connectivity index (χ1v) is 8.92. The minimum atomic E-state index is -0.875. The number of thiophene rings is 1. The molecule has 0 fully saturated rings. The molecular weight excluding hydrogens is 366 g/mol. The molecule has 0 aliphatic heterocycles. The van der Waals surface area contributed by atoms with E-state index in [1.807, 2.05) is 30.3 Å². The molecule has 3 heterocycles. The molecule has 0 N–H and O–H groups in total. The second-order valence-corrected chi connectivity index (χ2v) is 6.58. The molecule has 0 aliphatic rings. The van der Waals surface area contributed by atoms with Crippen molar-refractivity contribution >= 4 is 27.6 Å². The van der Waals surface area contributed by atoms with E-state index in [1.54, 1.807) is 11.4 Å². The van der Waals surface area contributed by atoms with Gasteiger partial charge in [-0.3, -0.25) is 14.3 Å². The smallest absolute Gasteiger partial charge is 0.409 e. The van der Waals surface area contributed by atoms with Crippen LogP contribution in [0.15, 0.2) is 75.9 Å². The molecule has 0 spiro atoms. The van der Waals surface area contributed by atoms with Crippen LogP contribution in [0.4, 0.5) is 4.79 Å². The van der Waals surface area contributed by atoms with Crippen molar-refractivity contribution in [1.82, 2.24) is 14.1 Å². The lowest BCUT2D eigenvalue weighted by Crippen LogP contribution is -2.43. The van der Waals surface area contributed by atoms with Crippen LogP contribution >= 0.6 is 11.3 Å². The van der Waals surface area contributed by atoms with Crippen LogP contribution in [0.3, 0.4) is 0 Å². The number of fused-ring (bicyclic) bond motifs is 1. The van der Waals surface area contributed by atoms with Crippen molar-refractivity contribution in [3.05, 3.63) is 92.7 Å². The molecule has 0 saturated heterocycles. The molecule has 0 amide bonds. The summed E-state index contributed by atoms with van der Waals surface area (Å²) in [5.41, 5.74) is -0.397. The summed E-state index contributed by atoms with van der Waals surface area (Å²) >= 11 is 1.13. The quantitative estimate of drug-likeness (QED) is 0.547. The van der Waals surface area contributed by atoms with Crippen LogP contribution in [0.2, 0.25) is 0 Å². The third-order valence-corrected chi connectivity index (χ3v) is 4.86. The zero-order valence-electron chi connectivity index (χ0n) is 13.9. The van der Waals surface area contributed by atoms with Gasteiger partial charge in [-0.25, -0.2) is 9.59 Å². The maximum Gasteiger partial charge on any atom is 0.428 e. The number of ether oxygens (including phenoxy) is 1. The Bertz CT molecular complexity index is 1230. The monoisotopic (exact) mass is 379 g/mol. The van der Waals surface area contributed by atoms with Crippen LogP contribution in [0, 0.1) is 0 Å². The van der Waals surface area contributed by atoms with Crippen LogP contribution < -0.4 is 16.0 Å². The minimum Gasteiger partial charge on any atom is -0.409 e. The molecule has 134 valence electrons. The summed E-state index contributed by atoms with van der Waals surface area (Å²) in [5, 5.41) is 1.96. The van der Waals surface area contributed by atoms with Gasteiger partial charge >= 0.3 is 11.8 Å². The zero-order chi connectivity index (χ0) is 18.8. The molecule has 1 aromatic carbocycles. The van der Waals surface area contributed by atoms with E-state index in [9.17, 15) is 14.4 Å². The highest BCUT2D eigenvalue weighted by Crippen LogP contribution is 2.17. The van der Waals surface area contributed by atoms with Gasteiger partial charge in [0.25, 0.3) is 5.56 Å². The van der Waals surface area contributed by atoms with Gasteiger partial charge in [0.2, 0.25) is 0 Å². The van der Waals surface area contributed by atoms with Gasteiger partial charge in [0.1, 0.15) is 10.6 Å². The molecule has 7 nitrogen and oxygen atoms in total. The molecule has 0 unspecified atom stereocenters. The summed E-state index contributed by atoms with van der Waals surface area (Å²) in [4.78, 5) is 42.5. The Balaban J connectivity index is 1.85. The van der Waals surface area contributed by atoms with E-state index in [0.29, 0.717) is 5.39 Å². The maximum atomic E-state index is 13.0. The first-order chi connectivity index (χ1) is 13.1.